The fraction of sp³-hybridized carbons (Fsp3) is 0.174. The van der Waals surface area contributed by atoms with Crippen LogP contribution in [0.25, 0.3) is 15.9 Å². The number of aryl methyl sites for hydroxylation is 1. The molecule has 2 heterocycles. The van der Waals surface area contributed by atoms with E-state index in [1.807, 2.05) is 0 Å². The number of rotatable bonds is 4. The van der Waals surface area contributed by atoms with E-state index in [4.69, 9.17) is 11.6 Å². The van der Waals surface area contributed by atoms with Gasteiger partial charge in [-0.25, -0.2) is 13.8 Å². The van der Waals surface area contributed by atoms with Crippen molar-refractivity contribution in [2.75, 3.05) is 14.1 Å². The summed E-state index contributed by atoms with van der Waals surface area (Å²) in [6.07, 6.45) is 0. The molecule has 0 aliphatic rings. The first-order valence-corrected chi connectivity index (χ1v) is 10.9. The third kappa shape index (κ3) is 3.76. The standard InChI is InChI=1S/C23H19ClFN3O3S/c1-13-18-20(29)28(17-10-8-16(25)9-11-17)23(31)27(12-14-4-6-15(24)7-5-14)22(18)32-19(13)21(30)26(2)3/h4-11H,12H2,1-3H3. The summed E-state index contributed by atoms with van der Waals surface area (Å²) in [5.41, 5.74) is 0.437. The molecule has 0 N–H and O–H groups in total. The maximum absolute atomic E-state index is 13.5. The van der Waals surface area contributed by atoms with Gasteiger partial charge < -0.3 is 4.90 Å². The van der Waals surface area contributed by atoms with Crippen LogP contribution in [-0.2, 0) is 6.54 Å². The Morgan fingerprint density at radius 3 is 2.28 bits per heavy atom. The average molecular weight is 472 g/mol. The monoisotopic (exact) mass is 471 g/mol. The fourth-order valence-corrected chi connectivity index (χ4v) is 4.92. The number of halogens is 2. The van der Waals surface area contributed by atoms with E-state index >= 15 is 0 Å². The second-order valence-corrected chi connectivity index (χ2v) is 8.98. The van der Waals surface area contributed by atoms with Crippen molar-refractivity contribution in [3.8, 4) is 5.69 Å². The molecule has 9 heteroatoms. The molecular weight excluding hydrogens is 453 g/mol. The molecule has 0 saturated carbocycles. The molecule has 0 atom stereocenters. The smallest absolute Gasteiger partial charge is 0.337 e. The first kappa shape index (κ1) is 22.0. The van der Waals surface area contributed by atoms with Crippen LogP contribution in [0.4, 0.5) is 4.39 Å². The lowest BCUT2D eigenvalue weighted by atomic mass is 10.2. The minimum Gasteiger partial charge on any atom is -0.344 e. The van der Waals surface area contributed by atoms with E-state index in [0.717, 1.165) is 21.5 Å². The summed E-state index contributed by atoms with van der Waals surface area (Å²) in [6, 6.07) is 12.2. The number of amides is 1. The van der Waals surface area contributed by atoms with Crippen molar-refractivity contribution in [2.45, 2.75) is 13.5 Å². The molecule has 0 aliphatic heterocycles. The van der Waals surface area contributed by atoms with Crippen LogP contribution in [0.5, 0.6) is 0 Å². The number of carbonyl (C=O) groups is 1. The number of hydrogen-bond acceptors (Lipinski definition) is 4. The zero-order chi connectivity index (χ0) is 23.2. The van der Waals surface area contributed by atoms with Gasteiger partial charge in [0.25, 0.3) is 11.5 Å². The lowest BCUT2D eigenvalue weighted by molar-refractivity contribution is 0.0831. The average Bonchev–Trinajstić information content (AvgIpc) is 3.10. The predicted molar refractivity (Wildman–Crippen MR) is 125 cm³/mol. The predicted octanol–water partition coefficient (Wildman–Crippen LogP) is 4.06. The van der Waals surface area contributed by atoms with Gasteiger partial charge in [-0.3, -0.25) is 14.2 Å². The van der Waals surface area contributed by atoms with Gasteiger partial charge in [0, 0.05) is 19.1 Å². The summed E-state index contributed by atoms with van der Waals surface area (Å²) >= 11 is 7.10. The first-order valence-electron chi connectivity index (χ1n) is 9.70. The van der Waals surface area contributed by atoms with E-state index in [0.29, 0.717) is 20.3 Å². The van der Waals surface area contributed by atoms with Gasteiger partial charge in [0.15, 0.2) is 0 Å². The van der Waals surface area contributed by atoms with Gasteiger partial charge >= 0.3 is 5.69 Å². The van der Waals surface area contributed by atoms with E-state index in [1.165, 1.54) is 33.7 Å². The van der Waals surface area contributed by atoms with Gasteiger partial charge in [-0.15, -0.1) is 11.3 Å². The number of nitrogens with zero attached hydrogens (tertiary/aromatic N) is 3. The van der Waals surface area contributed by atoms with Gasteiger partial charge in [0.2, 0.25) is 0 Å². The summed E-state index contributed by atoms with van der Waals surface area (Å²) in [5, 5.41) is 0.853. The number of thiophene rings is 1. The van der Waals surface area contributed by atoms with Crippen molar-refractivity contribution in [1.82, 2.24) is 14.0 Å². The maximum Gasteiger partial charge on any atom is 0.337 e. The van der Waals surface area contributed by atoms with E-state index in [9.17, 15) is 18.8 Å². The minimum absolute atomic E-state index is 0.170. The molecule has 2 aromatic carbocycles. The quantitative estimate of drug-likeness (QED) is 0.451. The number of aromatic nitrogens is 2. The summed E-state index contributed by atoms with van der Waals surface area (Å²) in [5.74, 6) is -0.725. The highest BCUT2D eigenvalue weighted by Crippen LogP contribution is 2.29. The lowest BCUT2D eigenvalue weighted by Crippen LogP contribution is -2.38. The molecule has 0 fully saturated rings. The van der Waals surface area contributed by atoms with Crippen LogP contribution in [0, 0.1) is 12.7 Å². The third-order valence-corrected chi connectivity index (χ3v) is 6.71. The SMILES string of the molecule is Cc1c(C(=O)N(C)C)sc2c1c(=O)n(-c1ccc(F)cc1)c(=O)n2Cc1ccc(Cl)cc1. The highest BCUT2D eigenvalue weighted by molar-refractivity contribution is 7.20. The third-order valence-electron chi connectivity index (χ3n) is 5.15. The molecule has 6 nitrogen and oxygen atoms in total. The molecule has 4 rings (SSSR count). The van der Waals surface area contributed by atoms with Crippen LogP contribution >= 0.6 is 22.9 Å². The molecule has 0 bridgehead atoms. The van der Waals surface area contributed by atoms with E-state index in [1.54, 1.807) is 45.3 Å². The van der Waals surface area contributed by atoms with Gasteiger partial charge in [-0.2, -0.15) is 0 Å². The molecule has 4 aromatic rings. The highest BCUT2D eigenvalue weighted by Gasteiger charge is 2.24. The van der Waals surface area contributed by atoms with Crippen LogP contribution in [0.1, 0.15) is 20.8 Å². The van der Waals surface area contributed by atoms with E-state index in [2.05, 4.69) is 0 Å². The molecule has 0 aliphatic carbocycles. The molecule has 2 aromatic heterocycles. The van der Waals surface area contributed by atoms with Crippen molar-refractivity contribution >= 4 is 39.1 Å². The largest absolute Gasteiger partial charge is 0.344 e. The van der Waals surface area contributed by atoms with Crippen LogP contribution in [-0.4, -0.2) is 34.0 Å². The second kappa shape index (κ2) is 8.37. The number of carbonyl (C=O) groups excluding carboxylic acids is 1. The van der Waals surface area contributed by atoms with Gasteiger partial charge in [-0.1, -0.05) is 23.7 Å². The van der Waals surface area contributed by atoms with Crippen molar-refractivity contribution in [3.63, 3.8) is 0 Å². The van der Waals surface area contributed by atoms with Crippen molar-refractivity contribution in [3.05, 3.63) is 96.2 Å². The van der Waals surface area contributed by atoms with Gasteiger partial charge in [0.1, 0.15) is 10.6 Å². The summed E-state index contributed by atoms with van der Waals surface area (Å²) in [7, 11) is 3.26. The second-order valence-electron chi connectivity index (χ2n) is 7.55. The van der Waals surface area contributed by atoms with Crippen LogP contribution in [0.15, 0.2) is 58.1 Å². The molecule has 0 saturated heterocycles. The Bertz CT molecular complexity index is 1450. The fourth-order valence-electron chi connectivity index (χ4n) is 3.48. The zero-order valence-corrected chi connectivity index (χ0v) is 19.1. The molecular formula is C23H19ClFN3O3S. The zero-order valence-electron chi connectivity index (χ0n) is 17.6. The Labute approximate surface area is 191 Å². The van der Waals surface area contributed by atoms with Crippen LogP contribution in [0.3, 0.4) is 0 Å². The topological polar surface area (TPSA) is 64.3 Å². The maximum atomic E-state index is 13.5. The molecule has 32 heavy (non-hydrogen) atoms. The normalized spacial score (nSPS) is 11.2. The highest BCUT2D eigenvalue weighted by atomic mass is 35.5. The summed E-state index contributed by atoms with van der Waals surface area (Å²) in [6.45, 7) is 1.87. The molecule has 0 spiro atoms. The lowest BCUT2D eigenvalue weighted by Gasteiger charge is -2.12. The van der Waals surface area contributed by atoms with Crippen molar-refractivity contribution in [1.29, 1.82) is 0 Å². The molecule has 164 valence electrons. The molecule has 0 radical (unpaired) electrons. The number of fused-ring (bicyclic) bond motifs is 1. The van der Waals surface area contributed by atoms with Gasteiger partial charge in [0.05, 0.1) is 22.5 Å². The van der Waals surface area contributed by atoms with Crippen LogP contribution < -0.4 is 11.2 Å². The van der Waals surface area contributed by atoms with Gasteiger partial charge in [-0.05, 0) is 54.4 Å². The first-order chi connectivity index (χ1) is 15.2. The Morgan fingerprint density at radius 1 is 1.06 bits per heavy atom. The van der Waals surface area contributed by atoms with E-state index < -0.39 is 17.1 Å². The summed E-state index contributed by atoms with van der Waals surface area (Å²) in [4.78, 5) is 41.9. The Morgan fingerprint density at radius 2 is 1.69 bits per heavy atom. The Kier molecular flexibility index (Phi) is 5.75. The Balaban J connectivity index is 2.06. The number of benzene rings is 2. The van der Waals surface area contributed by atoms with Crippen molar-refractivity contribution < 1.29 is 9.18 Å². The molecule has 1 amide bonds. The Hall–Kier alpha value is -3.23. The van der Waals surface area contributed by atoms with E-state index in [-0.39, 0.29) is 23.5 Å². The minimum atomic E-state index is -0.575. The van der Waals surface area contributed by atoms with Crippen LogP contribution in [0.2, 0.25) is 5.02 Å². The van der Waals surface area contributed by atoms with Crippen molar-refractivity contribution in [2.24, 2.45) is 0 Å². The molecule has 0 unspecified atom stereocenters. The summed E-state index contributed by atoms with van der Waals surface area (Å²) < 4.78 is 15.9. The number of hydrogen-bond donors (Lipinski definition) is 0.